The monoisotopic (exact) mass is 468 g/mol. The van der Waals surface area contributed by atoms with E-state index in [0.717, 1.165) is 29.6 Å². The summed E-state index contributed by atoms with van der Waals surface area (Å²) in [6.45, 7) is 16.4. The molecule has 6 fully saturated rings. The minimum absolute atomic E-state index is 0.223. The third-order valence-corrected chi connectivity index (χ3v) is 13.4. The average Bonchev–Trinajstić information content (AvgIpc) is 3.17. The first-order chi connectivity index (χ1) is 15.9. The molecule has 0 aromatic heterocycles. The molecule has 5 aliphatic carbocycles. The van der Waals surface area contributed by atoms with E-state index in [1.54, 1.807) is 0 Å². The molecule has 3 nitrogen and oxygen atoms in total. The lowest BCUT2D eigenvalue weighted by Crippen LogP contribution is -2.57. The van der Waals surface area contributed by atoms with Crippen molar-refractivity contribution in [2.45, 2.75) is 117 Å². The van der Waals surface area contributed by atoms with Crippen LogP contribution in [0.3, 0.4) is 0 Å². The maximum atomic E-state index is 6.31. The molecule has 5 saturated carbocycles. The number of fused-ring (bicyclic) bond motifs is 4. The standard InChI is InChI=1S/C30H49BO3/c1-19(13-16-31-33-26(2,3)27(4,5)34-31)22-9-10-23-21-17-25(32-8)30-18-20(30)11-15-29(30,7)24(21)12-14-28(22,23)6/h13,16,19-25H,9-12,14-15,17-18H2,1-8H3/b16-13+/t19-,20-,21+,22-,23+,24+,25-,28-,29-,30?/m1/s1. The van der Waals surface area contributed by atoms with Crippen LogP contribution in [0.5, 0.6) is 0 Å². The number of hydrogen-bond donors (Lipinski definition) is 0. The molecule has 6 aliphatic rings. The van der Waals surface area contributed by atoms with Crippen molar-refractivity contribution < 1.29 is 14.0 Å². The van der Waals surface area contributed by atoms with Crippen molar-refractivity contribution in [1.29, 1.82) is 0 Å². The summed E-state index contributed by atoms with van der Waals surface area (Å²) in [6.07, 6.45) is 14.3. The van der Waals surface area contributed by atoms with E-state index in [9.17, 15) is 0 Å². The minimum atomic E-state index is -0.263. The zero-order valence-corrected chi connectivity index (χ0v) is 23.2. The van der Waals surface area contributed by atoms with Crippen LogP contribution in [0.15, 0.2) is 12.1 Å². The van der Waals surface area contributed by atoms with Crippen LogP contribution in [-0.2, 0) is 14.0 Å². The van der Waals surface area contributed by atoms with Crippen molar-refractivity contribution in [3.05, 3.63) is 12.1 Å². The van der Waals surface area contributed by atoms with Crippen molar-refractivity contribution in [2.24, 2.45) is 51.8 Å². The van der Waals surface area contributed by atoms with Crippen molar-refractivity contribution in [2.75, 3.05) is 7.11 Å². The van der Waals surface area contributed by atoms with Gasteiger partial charge in [-0.2, -0.15) is 0 Å². The Bertz CT molecular complexity index is 851. The summed E-state index contributed by atoms with van der Waals surface area (Å²) < 4.78 is 18.8. The predicted octanol–water partition coefficient (Wildman–Crippen LogP) is 7.09. The van der Waals surface area contributed by atoms with E-state index >= 15 is 0 Å². The lowest BCUT2D eigenvalue weighted by atomic mass is 9.45. The second-order valence-electron chi connectivity index (χ2n) is 14.8. The van der Waals surface area contributed by atoms with E-state index < -0.39 is 0 Å². The predicted molar refractivity (Wildman–Crippen MR) is 138 cm³/mol. The molecule has 190 valence electrons. The van der Waals surface area contributed by atoms with Gasteiger partial charge < -0.3 is 14.0 Å². The summed E-state index contributed by atoms with van der Waals surface area (Å²) >= 11 is 0. The Morgan fingerprint density at radius 3 is 2.26 bits per heavy atom. The molecule has 10 atom stereocenters. The zero-order valence-electron chi connectivity index (χ0n) is 23.2. The number of hydrogen-bond acceptors (Lipinski definition) is 3. The third kappa shape index (κ3) is 2.94. The normalized spacial score (nSPS) is 53.4. The smallest absolute Gasteiger partial charge is 0.400 e. The van der Waals surface area contributed by atoms with Crippen LogP contribution >= 0.6 is 0 Å². The Hall–Kier alpha value is -0.315. The number of ether oxygens (including phenoxy) is 1. The molecule has 1 heterocycles. The Kier molecular flexibility index (Phi) is 5.22. The molecular formula is C30H49BO3. The van der Waals surface area contributed by atoms with Gasteiger partial charge >= 0.3 is 7.12 Å². The van der Waals surface area contributed by atoms with Gasteiger partial charge in [0.25, 0.3) is 0 Å². The van der Waals surface area contributed by atoms with Gasteiger partial charge in [0.2, 0.25) is 0 Å². The van der Waals surface area contributed by atoms with Crippen LogP contribution in [0.25, 0.3) is 0 Å². The summed E-state index contributed by atoms with van der Waals surface area (Å²) in [6, 6.07) is 0. The van der Waals surface area contributed by atoms with Gasteiger partial charge in [-0.3, -0.25) is 0 Å². The Morgan fingerprint density at radius 1 is 0.912 bits per heavy atom. The number of methoxy groups -OCH3 is 1. The molecule has 1 aliphatic heterocycles. The van der Waals surface area contributed by atoms with E-state index in [4.69, 9.17) is 14.0 Å². The summed E-state index contributed by atoms with van der Waals surface area (Å²) in [5.41, 5.74) is 1.00. The van der Waals surface area contributed by atoms with Crippen LogP contribution in [0, 0.1) is 51.8 Å². The Labute approximate surface area is 209 Å². The minimum Gasteiger partial charge on any atom is -0.400 e. The maximum Gasteiger partial charge on any atom is 0.486 e. The van der Waals surface area contributed by atoms with Gasteiger partial charge in [-0.05, 0) is 125 Å². The topological polar surface area (TPSA) is 27.7 Å². The van der Waals surface area contributed by atoms with Crippen molar-refractivity contribution in [3.8, 4) is 0 Å². The van der Waals surface area contributed by atoms with Crippen molar-refractivity contribution in [3.63, 3.8) is 0 Å². The molecule has 6 rings (SSSR count). The summed E-state index contributed by atoms with van der Waals surface area (Å²) in [5.74, 6) is 7.16. The molecule has 0 N–H and O–H groups in total. The summed E-state index contributed by atoms with van der Waals surface area (Å²) in [5, 5.41) is 0. The molecular weight excluding hydrogens is 419 g/mol. The number of rotatable bonds is 4. The van der Waals surface area contributed by atoms with Crippen molar-refractivity contribution in [1.82, 2.24) is 0 Å². The highest BCUT2D eigenvalue weighted by Gasteiger charge is 2.77. The van der Waals surface area contributed by atoms with Gasteiger partial charge in [-0.15, -0.1) is 0 Å². The fourth-order valence-corrected chi connectivity index (χ4v) is 10.9. The van der Waals surface area contributed by atoms with Crippen LogP contribution in [-0.4, -0.2) is 31.5 Å². The zero-order chi connectivity index (χ0) is 24.3. The molecule has 0 bridgehead atoms. The molecule has 1 saturated heterocycles. The lowest BCUT2D eigenvalue weighted by molar-refractivity contribution is -0.160. The third-order valence-electron chi connectivity index (χ3n) is 13.4. The van der Waals surface area contributed by atoms with Crippen LogP contribution in [0.1, 0.15) is 99.8 Å². The molecule has 0 aromatic carbocycles. The highest BCUT2D eigenvalue weighted by Crippen LogP contribution is 2.82. The number of allylic oxidation sites excluding steroid dienone is 1. The van der Waals surface area contributed by atoms with Gasteiger partial charge in [0.15, 0.2) is 0 Å². The molecule has 34 heavy (non-hydrogen) atoms. The first-order valence-corrected chi connectivity index (χ1v) is 14.5. The van der Waals surface area contributed by atoms with Gasteiger partial charge in [-0.25, -0.2) is 0 Å². The van der Waals surface area contributed by atoms with Crippen molar-refractivity contribution >= 4 is 7.12 Å². The quantitative estimate of drug-likeness (QED) is 0.412. The molecule has 1 unspecified atom stereocenters. The Morgan fingerprint density at radius 2 is 1.62 bits per heavy atom. The fraction of sp³-hybridized carbons (Fsp3) is 0.933. The SMILES string of the molecule is CO[C@@H]1C[C@H]2[C@@H]3CC[C@H]([C@H](C)/C=C/B4OC(C)(C)C(C)(C)O4)[C@@]3(C)CC[C@@H]2[C@@]2(C)CC[C@@H]3CC312. The molecule has 0 amide bonds. The average molecular weight is 469 g/mol. The van der Waals surface area contributed by atoms with Gasteiger partial charge in [-0.1, -0.05) is 32.8 Å². The van der Waals surface area contributed by atoms with E-state index in [2.05, 4.69) is 60.5 Å². The second kappa shape index (κ2) is 7.38. The van der Waals surface area contributed by atoms with E-state index in [0.29, 0.717) is 28.3 Å². The van der Waals surface area contributed by atoms with E-state index in [1.165, 1.54) is 51.4 Å². The first-order valence-electron chi connectivity index (χ1n) is 14.5. The molecule has 0 radical (unpaired) electrons. The highest BCUT2D eigenvalue weighted by atomic mass is 16.7. The summed E-state index contributed by atoms with van der Waals surface area (Å²) in [7, 11) is 1.79. The van der Waals surface area contributed by atoms with Gasteiger partial charge in [0.1, 0.15) is 0 Å². The lowest BCUT2D eigenvalue weighted by Gasteiger charge is -2.61. The van der Waals surface area contributed by atoms with Gasteiger partial charge in [0, 0.05) is 12.5 Å². The first kappa shape index (κ1) is 24.0. The summed E-state index contributed by atoms with van der Waals surface area (Å²) in [4.78, 5) is 0. The molecule has 4 heteroatoms. The molecule has 0 aromatic rings. The Balaban J connectivity index is 1.20. The fourth-order valence-electron chi connectivity index (χ4n) is 10.9. The largest absolute Gasteiger partial charge is 0.486 e. The second-order valence-corrected chi connectivity index (χ2v) is 14.8. The van der Waals surface area contributed by atoms with Crippen LogP contribution < -0.4 is 0 Å². The maximum absolute atomic E-state index is 6.31. The van der Waals surface area contributed by atoms with Crippen LogP contribution in [0.2, 0.25) is 0 Å². The van der Waals surface area contributed by atoms with Crippen LogP contribution in [0.4, 0.5) is 0 Å². The highest BCUT2D eigenvalue weighted by molar-refractivity contribution is 6.51. The van der Waals surface area contributed by atoms with Gasteiger partial charge in [0.05, 0.1) is 17.3 Å². The van der Waals surface area contributed by atoms with E-state index in [1.807, 2.05) is 7.11 Å². The van der Waals surface area contributed by atoms with E-state index in [-0.39, 0.29) is 18.3 Å². The molecule has 1 spiro atoms.